The first-order chi connectivity index (χ1) is 14.6. The molecule has 2 amide bonds. The minimum atomic E-state index is -0.455. The van der Waals surface area contributed by atoms with Gasteiger partial charge in [0.05, 0.1) is 30.2 Å². The molecular formula is C22H25FN4O3. The first-order valence-corrected chi connectivity index (χ1v) is 9.99. The predicted molar refractivity (Wildman–Crippen MR) is 111 cm³/mol. The van der Waals surface area contributed by atoms with Gasteiger partial charge in [0, 0.05) is 32.4 Å². The summed E-state index contributed by atoms with van der Waals surface area (Å²) in [5.41, 5.74) is 4.54. The van der Waals surface area contributed by atoms with Crippen LogP contribution in [0.2, 0.25) is 0 Å². The zero-order valence-electron chi connectivity index (χ0n) is 16.8. The third-order valence-electron chi connectivity index (χ3n) is 5.67. The fourth-order valence-corrected chi connectivity index (χ4v) is 4.12. The van der Waals surface area contributed by atoms with E-state index in [0.717, 1.165) is 5.69 Å². The summed E-state index contributed by atoms with van der Waals surface area (Å²) in [5, 5.41) is 4.41. The van der Waals surface area contributed by atoms with Crippen molar-refractivity contribution in [3.05, 3.63) is 60.4 Å². The highest BCUT2D eigenvalue weighted by molar-refractivity contribution is 5.99. The number of amides is 2. The Morgan fingerprint density at radius 3 is 2.60 bits per heavy atom. The molecule has 0 spiro atoms. The normalized spacial score (nSPS) is 24.0. The maximum absolute atomic E-state index is 13.2. The minimum absolute atomic E-state index is 0.0482. The van der Waals surface area contributed by atoms with Gasteiger partial charge in [-0.05, 0) is 36.4 Å². The molecule has 0 aliphatic carbocycles. The van der Waals surface area contributed by atoms with Crippen LogP contribution in [0.4, 0.5) is 15.8 Å². The number of ether oxygens (including phenoxy) is 1. The Bertz CT molecular complexity index is 893. The fraction of sp³-hybridized carbons (Fsp3) is 0.364. The van der Waals surface area contributed by atoms with Crippen LogP contribution in [0, 0.1) is 17.7 Å². The topological polar surface area (TPSA) is 73.9 Å². The summed E-state index contributed by atoms with van der Waals surface area (Å²) in [6.07, 6.45) is 0. The molecule has 158 valence electrons. The van der Waals surface area contributed by atoms with E-state index in [1.165, 1.54) is 24.3 Å². The van der Waals surface area contributed by atoms with E-state index in [-0.39, 0.29) is 29.6 Å². The highest BCUT2D eigenvalue weighted by Crippen LogP contribution is 2.32. The molecule has 0 radical (unpaired) electrons. The van der Waals surface area contributed by atoms with Gasteiger partial charge in [0.1, 0.15) is 5.82 Å². The van der Waals surface area contributed by atoms with Gasteiger partial charge in [-0.3, -0.25) is 14.5 Å². The lowest BCUT2D eigenvalue weighted by Gasteiger charge is -2.38. The summed E-state index contributed by atoms with van der Waals surface area (Å²) < 4.78 is 18.4. The van der Waals surface area contributed by atoms with E-state index in [9.17, 15) is 14.0 Å². The quantitative estimate of drug-likeness (QED) is 0.758. The number of piperidine rings is 1. The molecule has 3 atom stereocenters. The van der Waals surface area contributed by atoms with E-state index in [2.05, 4.69) is 15.6 Å². The van der Waals surface area contributed by atoms with Crippen LogP contribution in [0.25, 0.3) is 0 Å². The molecule has 2 aliphatic heterocycles. The van der Waals surface area contributed by atoms with Gasteiger partial charge >= 0.3 is 0 Å². The second kappa shape index (κ2) is 8.91. The molecule has 2 saturated heterocycles. The summed E-state index contributed by atoms with van der Waals surface area (Å²) in [6.45, 7) is 2.22. The number of hydrogen-bond acceptors (Lipinski definition) is 5. The molecule has 2 aromatic carbocycles. The SMILES string of the molecule is COCCN1CC(C(=O)Nc2ccc(F)cc2)C2NN(c3ccccc3)C(=O)C2C1. The van der Waals surface area contributed by atoms with Crippen molar-refractivity contribution < 1.29 is 18.7 Å². The molecule has 2 fully saturated rings. The molecule has 2 aliphatic rings. The summed E-state index contributed by atoms with van der Waals surface area (Å²) in [6, 6.07) is 14.7. The molecule has 2 N–H and O–H groups in total. The second-order valence-electron chi connectivity index (χ2n) is 7.63. The Hall–Kier alpha value is -2.81. The van der Waals surface area contributed by atoms with E-state index in [1.807, 2.05) is 30.3 Å². The maximum Gasteiger partial charge on any atom is 0.247 e. The molecule has 0 aromatic heterocycles. The van der Waals surface area contributed by atoms with Crippen LogP contribution in [0.5, 0.6) is 0 Å². The molecule has 30 heavy (non-hydrogen) atoms. The monoisotopic (exact) mass is 412 g/mol. The van der Waals surface area contributed by atoms with Crippen molar-refractivity contribution in [3.63, 3.8) is 0 Å². The molecule has 8 heteroatoms. The van der Waals surface area contributed by atoms with Crippen molar-refractivity contribution in [2.24, 2.45) is 11.8 Å². The van der Waals surface area contributed by atoms with Crippen molar-refractivity contribution in [1.82, 2.24) is 10.3 Å². The summed E-state index contributed by atoms with van der Waals surface area (Å²) in [5.74, 6) is -1.41. The molecule has 4 rings (SSSR count). The lowest BCUT2D eigenvalue weighted by Crippen LogP contribution is -2.56. The smallest absolute Gasteiger partial charge is 0.247 e. The number of para-hydroxylation sites is 1. The summed E-state index contributed by atoms with van der Waals surface area (Å²) >= 11 is 0. The molecule has 2 aromatic rings. The number of carbonyl (C=O) groups is 2. The number of fused-ring (bicyclic) bond motifs is 1. The Morgan fingerprint density at radius 2 is 1.90 bits per heavy atom. The molecule has 3 unspecified atom stereocenters. The molecule has 0 bridgehead atoms. The number of anilines is 2. The maximum atomic E-state index is 13.2. The number of hydrogen-bond donors (Lipinski definition) is 2. The van der Waals surface area contributed by atoms with Crippen LogP contribution in [0.15, 0.2) is 54.6 Å². The molecule has 2 heterocycles. The zero-order chi connectivity index (χ0) is 21.1. The number of nitrogens with zero attached hydrogens (tertiary/aromatic N) is 2. The fourth-order valence-electron chi connectivity index (χ4n) is 4.12. The first kappa shape index (κ1) is 20.5. The van der Waals surface area contributed by atoms with Crippen LogP contribution in [0.3, 0.4) is 0 Å². The van der Waals surface area contributed by atoms with Crippen LogP contribution in [-0.2, 0) is 14.3 Å². The predicted octanol–water partition coefficient (Wildman–Crippen LogP) is 1.88. The van der Waals surface area contributed by atoms with Gasteiger partial charge in [0.15, 0.2) is 0 Å². The van der Waals surface area contributed by atoms with Crippen molar-refractivity contribution in [1.29, 1.82) is 0 Å². The van der Waals surface area contributed by atoms with E-state index in [0.29, 0.717) is 31.9 Å². The number of hydrazine groups is 1. The molecule has 7 nitrogen and oxygen atoms in total. The third-order valence-corrected chi connectivity index (χ3v) is 5.67. The van der Waals surface area contributed by atoms with Crippen molar-refractivity contribution in [2.75, 3.05) is 43.7 Å². The lowest BCUT2D eigenvalue weighted by atomic mass is 9.84. The lowest BCUT2D eigenvalue weighted by molar-refractivity contribution is -0.126. The molecular weight excluding hydrogens is 387 g/mol. The number of rotatable bonds is 6. The Balaban J connectivity index is 1.56. The summed E-state index contributed by atoms with van der Waals surface area (Å²) in [7, 11) is 1.63. The van der Waals surface area contributed by atoms with Gasteiger partial charge in [0.2, 0.25) is 11.8 Å². The molecule has 0 saturated carbocycles. The van der Waals surface area contributed by atoms with E-state index >= 15 is 0 Å². The number of likely N-dealkylation sites (tertiary alicyclic amines) is 1. The van der Waals surface area contributed by atoms with Gasteiger partial charge in [0.25, 0.3) is 0 Å². The van der Waals surface area contributed by atoms with Crippen LogP contribution < -0.4 is 15.8 Å². The minimum Gasteiger partial charge on any atom is -0.383 e. The number of halogens is 1. The van der Waals surface area contributed by atoms with Gasteiger partial charge in [-0.25, -0.2) is 14.8 Å². The first-order valence-electron chi connectivity index (χ1n) is 9.99. The van der Waals surface area contributed by atoms with Crippen molar-refractivity contribution in [3.8, 4) is 0 Å². The highest BCUT2D eigenvalue weighted by atomic mass is 19.1. The van der Waals surface area contributed by atoms with Crippen LogP contribution in [-0.4, -0.2) is 56.1 Å². The van der Waals surface area contributed by atoms with Crippen molar-refractivity contribution in [2.45, 2.75) is 6.04 Å². The zero-order valence-corrected chi connectivity index (χ0v) is 16.8. The van der Waals surface area contributed by atoms with Crippen LogP contribution >= 0.6 is 0 Å². The van der Waals surface area contributed by atoms with Gasteiger partial charge < -0.3 is 10.1 Å². The number of methoxy groups -OCH3 is 1. The van der Waals surface area contributed by atoms with E-state index < -0.39 is 5.92 Å². The average Bonchev–Trinajstić information content (AvgIpc) is 3.10. The van der Waals surface area contributed by atoms with Crippen molar-refractivity contribution >= 4 is 23.2 Å². The van der Waals surface area contributed by atoms with Crippen LogP contribution in [0.1, 0.15) is 0 Å². The largest absolute Gasteiger partial charge is 0.383 e. The number of benzene rings is 2. The number of nitrogens with one attached hydrogen (secondary N) is 2. The standard InChI is InChI=1S/C22H25FN4O3/c1-30-12-11-26-13-18(21(28)24-16-9-7-15(23)8-10-16)20-19(14-26)22(29)27(25-20)17-5-3-2-4-6-17/h2-10,18-20,25H,11-14H2,1H3,(H,24,28). The van der Waals surface area contributed by atoms with Gasteiger partial charge in [-0.15, -0.1) is 0 Å². The average molecular weight is 412 g/mol. The Labute approximate surface area is 174 Å². The second-order valence-corrected chi connectivity index (χ2v) is 7.63. The third kappa shape index (κ3) is 4.21. The highest BCUT2D eigenvalue weighted by Gasteiger charge is 2.50. The summed E-state index contributed by atoms with van der Waals surface area (Å²) in [4.78, 5) is 28.4. The Morgan fingerprint density at radius 1 is 1.17 bits per heavy atom. The number of carbonyl (C=O) groups excluding carboxylic acids is 2. The van der Waals surface area contributed by atoms with Gasteiger partial charge in [-0.1, -0.05) is 18.2 Å². The van der Waals surface area contributed by atoms with Gasteiger partial charge in [-0.2, -0.15) is 0 Å². The van der Waals surface area contributed by atoms with E-state index in [1.54, 1.807) is 12.1 Å². The Kier molecular flexibility index (Phi) is 6.08. The van der Waals surface area contributed by atoms with E-state index in [4.69, 9.17) is 4.74 Å².